The molecule has 6 nitrogen and oxygen atoms in total. The lowest BCUT2D eigenvalue weighted by Crippen LogP contribution is -2.41. The van der Waals surface area contributed by atoms with Gasteiger partial charge in [-0.05, 0) is 48.1 Å². The number of aromatic nitrogens is 2. The second-order valence-corrected chi connectivity index (χ2v) is 7.43. The van der Waals surface area contributed by atoms with Crippen LogP contribution in [0.15, 0.2) is 30.3 Å². The van der Waals surface area contributed by atoms with Crippen molar-refractivity contribution in [2.24, 2.45) is 5.92 Å². The Kier molecular flexibility index (Phi) is 5.55. The lowest BCUT2D eigenvalue weighted by molar-refractivity contribution is -0.139. The molecular formula is C20H23ClN4O2. The molecule has 2 aliphatic rings. The van der Waals surface area contributed by atoms with Crippen LogP contribution in [0.5, 0.6) is 0 Å². The maximum Gasteiger partial charge on any atom is 0.226 e. The number of rotatable bonds is 4. The summed E-state index contributed by atoms with van der Waals surface area (Å²) in [5.41, 5.74) is 3.81. The Bertz CT molecular complexity index is 806. The minimum absolute atomic E-state index is 0.119. The van der Waals surface area contributed by atoms with E-state index in [1.807, 2.05) is 11.0 Å². The first-order valence-corrected chi connectivity index (χ1v) is 9.78. The summed E-state index contributed by atoms with van der Waals surface area (Å²) in [6, 6.07) is 9.86. The zero-order valence-corrected chi connectivity index (χ0v) is 15.9. The van der Waals surface area contributed by atoms with Crippen molar-refractivity contribution in [1.82, 2.24) is 15.1 Å². The summed E-state index contributed by atoms with van der Waals surface area (Å²) in [6.45, 7) is 3.54. The SMILES string of the molecule is O=C(C1CCOCC1)N1CCc2c(CNc3ccc(Cl)nn3)cccc2C1. The molecular weight excluding hydrogens is 364 g/mol. The van der Waals surface area contributed by atoms with E-state index in [9.17, 15) is 4.79 Å². The van der Waals surface area contributed by atoms with Crippen molar-refractivity contribution < 1.29 is 9.53 Å². The number of amides is 1. The first-order valence-electron chi connectivity index (χ1n) is 9.40. The molecule has 0 unspecified atom stereocenters. The number of anilines is 1. The summed E-state index contributed by atoms with van der Waals surface area (Å²) >= 11 is 5.78. The van der Waals surface area contributed by atoms with Crippen molar-refractivity contribution in [3.8, 4) is 0 Å². The van der Waals surface area contributed by atoms with Gasteiger partial charge in [-0.2, -0.15) is 0 Å². The van der Waals surface area contributed by atoms with E-state index in [4.69, 9.17) is 16.3 Å². The van der Waals surface area contributed by atoms with Crippen LogP contribution >= 0.6 is 11.6 Å². The molecule has 1 aromatic heterocycles. The molecule has 0 saturated carbocycles. The Morgan fingerprint density at radius 2 is 2.07 bits per heavy atom. The Hall–Kier alpha value is -2.18. The molecule has 1 aromatic carbocycles. The zero-order chi connectivity index (χ0) is 18.6. The van der Waals surface area contributed by atoms with Gasteiger partial charge in [0.15, 0.2) is 5.15 Å². The normalized spacial score (nSPS) is 17.4. The predicted octanol–water partition coefficient (Wildman–Crippen LogP) is 3.05. The molecule has 142 valence electrons. The van der Waals surface area contributed by atoms with Crippen LogP contribution in [0, 0.1) is 5.92 Å². The van der Waals surface area contributed by atoms with E-state index in [0.29, 0.717) is 37.3 Å². The highest BCUT2D eigenvalue weighted by molar-refractivity contribution is 6.29. The molecule has 0 radical (unpaired) electrons. The summed E-state index contributed by atoms with van der Waals surface area (Å²) in [7, 11) is 0. The topological polar surface area (TPSA) is 67.3 Å². The third-order valence-electron chi connectivity index (χ3n) is 5.34. The minimum Gasteiger partial charge on any atom is -0.381 e. The second kappa shape index (κ2) is 8.23. The number of carbonyl (C=O) groups is 1. The van der Waals surface area contributed by atoms with Gasteiger partial charge in [0, 0.05) is 38.8 Å². The van der Waals surface area contributed by atoms with Gasteiger partial charge in [-0.1, -0.05) is 29.8 Å². The molecule has 3 heterocycles. The molecule has 2 aromatic rings. The molecule has 0 bridgehead atoms. The van der Waals surface area contributed by atoms with Gasteiger partial charge in [-0.15, -0.1) is 10.2 Å². The minimum atomic E-state index is 0.119. The first-order chi connectivity index (χ1) is 13.2. The number of halogens is 1. The smallest absolute Gasteiger partial charge is 0.226 e. The molecule has 4 rings (SSSR count). The lowest BCUT2D eigenvalue weighted by Gasteiger charge is -2.34. The van der Waals surface area contributed by atoms with E-state index in [-0.39, 0.29) is 11.8 Å². The van der Waals surface area contributed by atoms with Crippen LogP contribution in [0.4, 0.5) is 5.82 Å². The average molecular weight is 387 g/mol. The van der Waals surface area contributed by atoms with Gasteiger partial charge in [0.25, 0.3) is 0 Å². The number of nitrogens with zero attached hydrogens (tertiary/aromatic N) is 3. The van der Waals surface area contributed by atoms with Crippen LogP contribution in [0.25, 0.3) is 0 Å². The quantitative estimate of drug-likeness (QED) is 0.874. The molecule has 0 aliphatic carbocycles. The van der Waals surface area contributed by atoms with Crippen LogP contribution in [0.2, 0.25) is 5.15 Å². The molecule has 1 N–H and O–H groups in total. The third kappa shape index (κ3) is 4.22. The number of fused-ring (bicyclic) bond motifs is 1. The fraction of sp³-hybridized carbons (Fsp3) is 0.450. The molecule has 1 amide bonds. The van der Waals surface area contributed by atoms with Gasteiger partial charge in [0.05, 0.1) is 0 Å². The maximum absolute atomic E-state index is 12.8. The Morgan fingerprint density at radius 3 is 2.85 bits per heavy atom. The van der Waals surface area contributed by atoms with Gasteiger partial charge >= 0.3 is 0 Å². The molecule has 1 fully saturated rings. The van der Waals surface area contributed by atoms with Crippen molar-refractivity contribution in [1.29, 1.82) is 0 Å². The third-order valence-corrected chi connectivity index (χ3v) is 5.54. The van der Waals surface area contributed by atoms with E-state index < -0.39 is 0 Å². The van der Waals surface area contributed by atoms with Crippen LogP contribution < -0.4 is 5.32 Å². The highest BCUT2D eigenvalue weighted by Gasteiger charge is 2.29. The van der Waals surface area contributed by atoms with Crippen LogP contribution in [-0.2, 0) is 29.0 Å². The maximum atomic E-state index is 12.8. The highest BCUT2D eigenvalue weighted by atomic mass is 35.5. The molecule has 0 spiro atoms. The Labute approximate surface area is 163 Å². The van der Waals surface area contributed by atoms with Crippen molar-refractivity contribution in [2.75, 3.05) is 25.1 Å². The van der Waals surface area contributed by atoms with Gasteiger partial charge in [0.1, 0.15) is 5.82 Å². The fourth-order valence-corrected chi connectivity index (χ4v) is 3.94. The first kappa shape index (κ1) is 18.2. The van der Waals surface area contributed by atoms with Gasteiger partial charge in [-0.3, -0.25) is 4.79 Å². The average Bonchev–Trinajstić information content (AvgIpc) is 2.73. The van der Waals surface area contributed by atoms with E-state index in [1.54, 1.807) is 6.07 Å². The molecule has 27 heavy (non-hydrogen) atoms. The number of hydrogen-bond donors (Lipinski definition) is 1. The summed E-state index contributed by atoms with van der Waals surface area (Å²) in [5.74, 6) is 1.10. The fourth-order valence-electron chi connectivity index (χ4n) is 3.84. The van der Waals surface area contributed by atoms with Crippen molar-refractivity contribution in [3.05, 3.63) is 52.2 Å². The Morgan fingerprint density at radius 1 is 1.22 bits per heavy atom. The van der Waals surface area contributed by atoms with Crippen LogP contribution in [-0.4, -0.2) is 40.8 Å². The summed E-state index contributed by atoms with van der Waals surface area (Å²) < 4.78 is 5.38. The lowest BCUT2D eigenvalue weighted by atomic mass is 9.92. The second-order valence-electron chi connectivity index (χ2n) is 7.05. The predicted molar refractivity (Wildman–Crippen MR) is 103 cm³/mol. The van der Waals surface area contributed by atoms with Crippen LogP contribution in [0.1, 0.15) is 29.5 Å². The van der Waals surface area contributed by atoms with E-state index in [0.717, 1.165) is 25.8 Å². The van der Waals surface area contributed by atoms with Crippen molar-refractivity contribution >= 4 is 23.3 Å². The molecule has 0 atom stereocenters. The molecule has 1 saturated heterocycles. The number of benzene rings is 1. The van der Waals surface area contributed by atoms with E-state index in [2.05, 4.69) is 33.7 Å². The van der Waals surface area contributed by atoms with Gasteiger partial charge in [0.2, 0.25) is 5.91 Å². The number of hydrogen-bond acceptors (Lipinski definition) is 5. The monoisotopic (exact) mass is 386 g/mol. The summed E-state index contributed by atoms with van der Waals surface area (Å²) in [5, 5.41) is 11.6. The van der Waals surface area contributed by atoms with Gasteiger partial charge in [-0.25, -0.2) is 0 Å². The number of carbonyl (C=O) groups excluding carboxylic acids is 1. The largest absolute Gasteiger partial charge is 0.381 e. The number of nitrogens with one attached hydrogen (secondary N) is 1. The summed E-state index contributed by atoms with van der Waals surface area (Å²) in [6.07, 6.45) is 2.57. The highest BCUT2D eigenvalue weighted by Crippen LogP contribution is 2.26. The van der Waals surface area contributed by atoms with Gasteiger partial charge < -0.3 is 15.0 Å². The van der Waals surface area contributed by atoms with E-state index in [1.165, 1.54) is 16.7 Å². The van der Waals surface area contributed by atoms with Crippen LogP contribution in [0.3, 0.4) is 0 Å². The summed E-state index contributed by atoms with van der Waals surface area (Å²) in [4.78, 5) is 14.8. The van der Waals surface area contributed by atoms with E-state index >= 15 is 0 Å². The molecule has 2 aliphatic heterocycles. The Balaban J connectivity index is 1.43. The van der Waals surface area contributed by atoms with Crippen molar-refractivity contribution in [2.45, 2.75) is 32.4 Å². The molecule has 7 heteroatoms. The number of ether oxygens (including phenoxy) is 1. The standard InChI is InChI=1S/C20H23ClN4O2/c21-18-4-5-19(24-23-18)22-12-15-2-1-3-16-13-25(9-6-17(15)16)20(26)14-7-10-27-11-8-14/h1-5,14H,6-13H2,(H,22,24). The zero-order valence-electron chi connectivity index (χ0n) is 15.2. The van der Waals surface area contributed by atoms with Crippen molar-refractivity contribution in [3.63, 3.8) is 0 Å².